The van der Waals surface area contributed by atoms with Gasteiger partial charge in [0, 0.05) is 38.7 Å². The lowest BCUT2D eigenvalue weighted by atomic mass is 9.81. The van der Waals surface area contributed by atoms with E-state index in [-0.39, 0.29) is 30.0 Å². The molecule has 8 heteroatoms. The third-order valence-electron chi connectivity index (χ3n) is 6.34. The molecule has 2 aromatic rings. The molecule has 0 atom stereocenters. The van der Waals surface area contributed by atoms with Crippen molar-refractivity contribution in [3.63, 3.8) is 0 Å². The van der Waals surface area contributed by atoms with Gasteiger partial charge >= 0.3 is 5.69 Å². The van der Waals surface area contributed by atoms with Crippen molar-refractivity contribution in [3.8, 4) is 5.75 Å². The molecule has 1 saturated carbocycles. The van der Waals surface area contributed by atoms with Gasteiger partial charge in [0.05, 0.1) is 24.7 Å². The molecule has 0 bridgehead atoms. The smallest absolute Gasteiger partial charge is 0.328 e. The van der Waals surface area contributed by atoms with Crippen molar-refractivity contribution >= 4 is 22.8 Å². The zero-order valence-electron chi connectivity index (χ0n) is 17.0. The molecule has 1 aromatic carbocycles. The number of methoxy groups -OCH3 is 1. The Morgan fingerprint density at radius 3 is 2.62 bits per heavy atom. The molecule has 0 radical (unpaired) electrons. The summed E-state index contributed by atoms with van der Waals surface area (Å²) in [6.45, 7) is 1.95. The van der Waals surface area contributed by atoms with Crippen LogP contribution in [0.3, 0.4) is 0 Å². The van der Waals surface area contributed by atoms with Gasteiger partial charge in [0.15, 0.2) is 0 Å². The molecule has 1 saturated heterocycles. The lowest BCUT2D eigenvalue weighted by Crippen LogP contribution is -2.51. The number of hydrogen-bond donors (Lipinski definition) is 1. The normalized spacial score (nSPS) is 22.6. The Bertz CT molecular complexity index is 984. The van der Waals surface area contributed by atoms with Crippen molar-refractivity contribution in [1.82, 2.24) is 19.4 Å². The second-order valence-corrected chi connectivity index (χ2v) is 8.13. The number of ether oxygens (including phenoxy) is 1. The number of benzene rings is 1. The Kier molecular flexibility index (Phi) is 5.34. The highest BCUT2D eigenvalue weighted by Crippen LogP contribution is 2.32. The molecular weight excluding hydrogens is 372 g/mol. The number of carbonyl (C=O) groups excluding carboxylic acids is 2. The Morgan fingerprint density at radius 2 is 1.93 bits per heavy atom. The van der Waals surface area contributed by atoms with Gasteiger partial charge in [-0.05, 0) is 43.7 Å². The van der Waals surface area contributed by atoms with Gasteiger partial charge in [-0.2, -0.15) is 0 Å². The van der Waals surface area contributed by atoms with Crippen LogP contribution in [-0.2, 0) is 23.2 Å². The average molecular weight is 400 g/mol. The van der Waals surface area contributed by atoms with Crippen molar-refractivity contribution in [1.29, 1.82) is 0 Å². The Morgan fingerprint density at radius 1 is 1.17 bits per heavy atom. The molecule has 2 amide bonds. The van der Waals surface area contributed by atoms with Gasteiger partial charge in [0.2, 0.25) is 11.8 Å². The van der Waals surface area contributed by atoms with Crippen LogP contribution in [-0.4, -0.2) is 52.6 Å². The maximum atomic E-state index is 12.8. The lowest BCUT2D eigenvalue weighted by molar-refractivity contribution is -0.142. The van der Waals surface area contributed by atoms with Crippen LogP contribution >= 0.6 is 0 Å². The van der Waals surface area contributed by atoms with Crippen molar-refractivity contribution in [2.24, 2.45) is 18.9 Å². The van der Waals surface area contributed by atoms with Gasteiger partial charge < -0.3 is 15.0 Å². The predicted octanol–water partition coefficient (Wildman–Crippen LogP) is 1.11. The van der Waals surface area contributed by atoms with Gasteiger partial charge in [-0.25, -0.2) is 4.79 Å². The van der Waals surface area contributed by atoms with E-state index in [4.69, 9.17) is 4.74 Å². The molecule has 2 fully saturated rings. The molecule has 4 rings (SSSR count). The van der Waals surface area contributed by atoms with Crippen LogP contribution in [0.15, 0.2) is 23.0 Å². The van der Waals surface area contributed by atoms with Crippen molar-refractivity contribution in [2.75, 3.05) is 26.7 Å². The summed E-state index contributed by atoms with van der Waals surface area (Å²) in [5.41, 5.74) is 1.75. The summed E-state index contributed by atoms with van der Waals surface area (Å²) in [5.74, 6) is 1.10. The number of hydrogen-bond acceptors (Lipinski definition) is 4. The molecule has 1 aliphatic carbocycles. The topological polar surface area (TPSA) is 85.6 Å². The van der Waals surface area contributed by atoms with Gasteiger partial charge in [-0.1, -0.05) is 0 Å². The highest BCUT2D eigenvalue weighted by Gasteiger charge is 2.32. The first-order valence-electron chi connectivity index (χ1n) is 10.3. The third-order valence-corrected chi connectivity index (χ3v) is 6.34. The summed E-state index contributed by atoms with van der Waals surface area (Å²) in [7, 11) is 3.41. The van der Waals surface area contributed by atoms with Gasteiger partial charge in [-0.15, -0.1) is 0 Å². The van der Waals surface area contributed by atoms with E-state index in [0.717, 1.165) is 42.5 Å². The Balaban J connectivity index is 1.43. The molecule has 2 heterocycles. The number of rotatable bonds is 4. The maximum Gasteiger partial charge on any atom is 0.328 e. The number of aryl methyl sites for hydroxylation is 1. The van der Waals surface area contributed by atoms with Crippen LogP contribution in [0.25, 0.3) is 11.0 Å². The maximum absolute atomic E-state index is 12.8. The standard InChI is InChI=1S/C21H28N4O4/c1-23-17-8-7-16(29-2)11-18(17)25(21(23)28)12-14-3-5-15(6-4-14)20(27)24-10-9-22-19(26)13-24/h7-8,11,14-15H,3-6,9-10,12-13H2,1-2H3,(H,22,26). The second kappa shape index (κ2) is 7.93. The van der Waals surface area contributed by atoms with E-state index in [1.54, 1.807) is 23.6 Å². The van der Waals surface area contributed by atoms with E-state index in [2.05, 4.69) is 5.32 Å². The fraction of sp³-hybridized carbons (Fsp3) is 0.571. The van der Waals surface area contributed by atoms with E-state index in [0.29, 0.717) is 25.6 Å². The van der Waals surface area contributed by atoms with Crippen LogP contribution in [0.4, 0.5) is 0 Å². The third kappa shape index (κ3) is 3.75. The number of piperazine rings is 1. The van der Waals surface area contributed by atoms with E-state index < -0.39 is 0 Å². The summed E-state index contributed by atoms with van der Waals surface area (Å²) < 4.78 is 8.83. The van der Waals surface area contributed by atoms with E-state index in [9.17, 15) is 14.4 Å². The number of amides is 2. The zero-order chi connectivity index (χ0) is 20.5. The van der Waals surface area contributed by atoms with Crippen LogP contribution < -0.4 is 15.7 Å². The molecule has 0 spiro atoms. The van der Waals surface area contributed by atoms with Gasteiger partial charge in [0.1, 0.15) is 5.75 Å². The molecule has 8 nitrogen and oxygen atoms in total. The fourth-order valence-electron chi connectivity index (χ4n) is 4.63. The fourth-order valence-corrected chi connectivity index (χ4v) is 4.63. The van der Waals surface area contributed by atoms with E-state index in [1.807, 2.05) is 22.8 Å². The number of carbonyl (C=O) groups is 2. The first-order chi connectivity index (χ1) is 14.0. The van der Waals surface area contributed by atoms with Gasteiger partial charge in [0.25, 0.3) is 0 Å². The minimum atomic E-state index is -0.0796. The van der Waals surface area contributed by atoms with Gasteiger partial charge in [-0.3, -0.25) is 18.7 Å². The molecule has 1 aromatic heterocycles. The predicted molar refractivity (Wildman–Crippen MR) is 109 cm³/mol. The summed E-state index contributed by atoms with van der Waals surface area (Å²) in [6, 6.07) is 5.69. The molecule has 1 N–H and O–H groups in total. The number of fused-ring (bicyclic) bond motifs is 1. The Hall–Kier alpha value is -2.77. The number of imidazole rings is 1. The van der Waals surface area contributed by atoms with Crippen LogP contribution in [0, 0.1) is 11.8 Å². The van der Waals surface area contributed by atoms with E-state index in [1.165, 1.54) is 0 Å². The summed E-state index contributed by atoms with van der Waals surface area (Å²) in [6.07, 6.45) is 3.43. The first-order valence-corrected chi connectivity index (χ1v) is 10.3. The van der Waals surface area contributed by atoms with E-state index >= 15 is 0 Å². The summed E-state index contributed by atoms with van der Waals surface area (Å²) in [4.78, 5) is 38.7. The zero-order valence-corrected chi connectivity index (χ0v) is 17.0. The summed E-state index contributed by atoms with van der Waals surface area (Å²) >= 11 is 0. The number of aromatic nitrogens is 2. The SMILES string of the molecule is COc1ccc2c(c1)n(CC1CCC(C(=O)N3CCNC(=O)C3)CC1)c(=O)n2C. The highest BCUT2D eigenvalue weighted by atomic mass is 16.5. The minimum Gasteiger partial charge on any atom is -0.497 e. The Labute approximate surface area is 169 Å². The molecule has 29 heavy (non-hydrogen) atoms. The monoisotopic (exact) mass is 400 g/mol. The molecule has 0 unspecified atom stereocenters. The highest BCUT2D eigenvalue weighted by molar-refractivity contribution is 5.87. The molecular formula is C21H28N4O4. The summed E-state index contributed by atoms with van der Waals surface area (Å²) in [5, 5.41) is 2.76. The van der Waals surface area contributed by atoms with Crippen molar-refractivity contribution < 1.29 is 14.3 Å². The molecule has 2 aliphatic rings. The van der Waals surface area contributed by atoms with Crippen LogP contribution in [0.2, 0.25) is 0 Å². The largest absolute Gasteiger partial charge is 0.497 e. The van der Waals surface area contributed by atoms with Crippen molar-refractivity contribution in [3.05, 3.63) is 28.7 Å². The molecule has 1 aliphatic heterocycles. The number of nitrogens with zero attached hydrogens (tertiary/aromatic N) is 3. The van der Waals surface area contributed by atoms with Crippen LogP contribution in [0.5, 0.6) is 5.75 Å². The lowest BCUT2D eigenvalue weighted by Gasteiger charge is -2.33. The quantitative estimate of drug-likeness (QED) is 0.833. The van der Waals surface area contributed by atoms with Crippen LogP contribution in [0.1, 0.15) is 25.7 Å². The van der Waals surface area contributed by atoms with Crippen molar-refractivity contribution in [2.45, 2.75) is 32.2 Å². The molecule has 156 valence electrons. The number of nitrogens with one attached hydrogen (secondary N) is 1. The first kappa shape index (κ1) is 19.5. The minimum absolute atomic E-state index is 0.0125. The second-order valence-electron chi connectivity index (χ2n) is 8.13. The average Bonchev–Trinajstić information content (AvgIpc) is 2.98.